The maximum Gasteiger partial charge on any atom is 0.306 e. The van der Waals surface area contributed by atoms with Crippen LogP contribution >= 0.6 is 0 Å². The van der Waals surface area contributed by atoms with Crippen molar-refractivity contribution in [2.75, 3.05) is 6.61 Å². The summed E-state index contributed by atoms with van der Waals surface area (Å²) in [6, 6.07) is -0.0477. The minimum Gasteiger partial charge on any atom is -0.481 e. The highest BCUT2D eigenvalue weighted by Gasteiger charge is 2.51. The van der Waals surface area contributed by atoms with Crippen LogP contribution in [0.2, 0.25) is 0 Å². The van der Waals surface area contributed by atoms with Gasteiger partial charge < -0.3 is 15.2 Å². The number of halogens is 2. The zero-order valence-corrected chi connectivity index (χ0v) is 13.0. The first-order valence-corrected chi connectivity index (χ1v) is 8.34. The number of rotatable bonds is 3. The fraction of sp³-hybridized carbons (Fsp3) is 0.875. The summed E-state index contributed by atoms with van der Waals surface area (Å²) in [4.78, 5) is 23.2. The molecule has 1 unspecified atom stereocenters. The van der Waals surface area contributed by atoms with Crippen molar-refractivity contribution in [3.8, 4) is 0 Å². The molecule has 3 rings (SSSR count). The van der Waals surface area contributed by atoms with Crippen molar-refractivity contribution in [2.24, 2.45) is 11.8 Å². The molecule has 0 aromatic heterocycles. The predicted octanol–water partition coefficient (Wildman–Crippen LogP) is 2.34. The standard InChI is InChI=1S/C16H23F2NO4/c17-16(18)4-1-10(2-5-16)13(20)19-12-3-6-23-15(9-12)7-11(8-15)14(21)22/h10-12H,1-9H2,(H,19,20)(H,21,22). The first-order chi connectivity index (χ1) is 10.8. The largest absolute Gasteiger partial charge is 0.481 e. The van der Waals surface area contributed by atoms with Crippen molar-refractivity contribution in [3.05, 3.63) is 0 Å². The van der Waals surface area contributed by atoms with Gasteiger partial charge in [0.1, 0.15) is 0 Å². The van der Waals surface area contributed by atoms with Crippen LogP contribution in [-0.2, 0) is 14.3 Å². The van der Waals surface area contributed by atoms with Gasteiger partial charge >= 0.3 is 5.97 Å². The predicted molar refractivity (Wildman–Crippen MR) is 77.1 cm³/mol. The van der Waals surface area contributed by atoms with Crippen molar-refractivity contribution < 1.29 is 28.2 Å². The second kappa shape index (κ2) is 6.00. The Bertz CT molecular complexity index is 480. The Morgan fingerprint density at radius 2 is 1.70 bits per heavy atom. The quantitative estimate of drug-likeness (QED) is 0.832. The number of carbonyl (C=O) groups excluding carboxylic acids is 1. The summed E-state index contributed by atoms with van der Waals surface area (Å²) in [5.74, 6) is -4.26. The van der Waals surface area contributed by atoms with E-state index in [1.807, 2.05) is 0 Å². The van der Waals surface area contributed by atoms with E-state index < -0.39 is 17.5 Å². The molecule has 0 radical (unpaired) electrons. The van der Waals surface area contributed by atoms with Gasteiger partial charge in [0, 0.05) is 31.4 Å². The van der Waals surface area contributed by atoms with Gasteiger partial charge in [-0.3, -0.25) is 9.59 Å². The fourth-order valence-corrected chi connectivity index (χ4v) is 4.07. The summed E-state index contributed by atoms with van der Waals surface area (Å²) in [5.41, 5.74) is -0.418. The number of carboxylic acids is 1. The zero-order chi connectivity index (χ0) is 16.7. The molecule has 1 atom stereocenters. The van der Waals surface area contributed by atoms with Gasteiger partial charge in [-0.05, 0) is 38.5 Å². The van der Waals surface area contributed by atoms with Gasteiger partial charge in [0.2, 0.25) is 11.8 Å². The molecule has 0 aromatic rings. The zero-order valence-electron chi connectivity index (χ0n) is 13.0. The maximum atomic E-state index is 13.2. The number of carboxylic acid groups (broad SMARTS) is 1. The van der Waals surface area contributed by atoms with Gasteiger partial charge in [-0.25, -0.2) is 8.78 Å². The fourth-order valence-electron chi connectivity index (χ4n) is 4.07. The third-order valence-electron chi connectivity index (χ3n) is 5.51. The Labute approximate surface area is 133 Å². The number of aliphatic carboxylic acids is 1. The molecule has 1 amide bonds. The van der Waals surface area contributed by atoms with E-state index in [1.54, 1.807) is 0 Å². The van der Waals surface area contributed by atoms with Crippen molar-refractivity contribution in [3.63, 3.8) is 0 Å². The van der Waals surface area contributed by atoms with E-state index in [9.17, 15) is 18.4 Å². The van der Waals surface area contributed by atoms with E-state index in [2.05, 4.69) is 5.32 Å². The van der Waals surface area contributed by atoms with Crippen molar-refractivity contribution >= 4 is 11.9 Å². The maximum absolute atomic E-state index is 13.2. The minimum absolute atomic E-state index is 0.0477. The van der Waals surface area contributed by atoms with Crippen LogP contribution in [0.1, 0.15) is 51.4 Å². The second-order valence-electron chi connectivity index (χ2n) is 7.30. The van der Waals surface area contributed by atoms with Crippen LogP contribution in [0.3, 0.4) is 0 Å². The van der Waals surface area contributed by atoms with Gasteiger partial charge in [0.15, 0.2) is 0 Å². The normalized spacial score (nSPS) is 33.0. The van der Waals surface area contributed by atoms with Crippen LogP contribution in [0, 0.1) is 11.8 Å². The summed E-state index contributed by atoms with van der Waals surface area (Å²) in [6.45, 7) is 0.500. The SMILES string of the molecule is O=C(O)C1CC2(CC(NC(=O)C3CCC(F)(F)CC3)CCO2)C1. The van der Waals surface area contributed by atoms with Gasteiger partial charge in [-0.15, -0.1) is 0 Å². The lowest BCUT2D eigenvalue weighted by molar-refractivity contribution is -0.182. The highest BCUT2D eigenvalue weighted by atomic mass is 19.3. The summed E-state index contributed by atoms with van der Waals surface area (Å²) < 4.78 is 32.1. The number of alkyl halides is 2. The lowest BCUT2D eigenvalue weighted by atomic mass is 9.66. The van der Waals surface area contributed by atoms with E-state index in [1.165, 1.54) is 0 Å². The first-order valence-electron chi connectivity index (χ1n) is 8.34. The van der Waals surface area contributed by atoms with Crippen LogP contribution < -0.4 is 5.32 Å². The van der Waals surface area contributed by atoms with Gasteiger partial charge in [0.25, 0.3) is 0 Å². The number of carbonyl (C=O) groups is 2. The molecule has 130 valence electrons. The molecule has 3 aliphatic rings. The molecule has 0 aromatic carbocycles. The highest BCUT2D eigenvalue weighted by molar-refractivity contribution is 5.79. The molecule has 1 saturated heterocycles. The van der Waals surface area contributed by atoms with E-state index in [4.69, 9.17) is 9.84 Å². The molecule has 0 bridgehead atoms. The topological polar surface area (TPSA) is 75.6 Å². The molecule has 2 N–H and O–H groups in total. The molecule has 5 nitrogen and oxygen atoms in total. The van der Waals surface area contributed by atoms with Crippen molar-refractivity contribution in [1.29, 1.82) is 0 Å². The lowest BCUT2D eigenvalue weighted by Gasteiger charge is -2.50. The Hall–Kier alpha value is -1.24. The highest BCUT2D eigenvalue weighted by Crippen LogP contribution is 2.46. The average molecular weight is 331 g/mol. The molecular formula is C16H23F2NO4. The van der Waals surface area contributed by atoms with E-state index in [-0.39, 0.29) is 49.5 Å². The number of ether oxygens (including phenoxy) is 1. The number of hydrogen-bond acceptors (Lipinski definition) is 3. The average Bonchev–Trinajstić information content (AvgIpc) is 2.44. The molecule has 1 aliphatic heterocycles. The molecule has 1 spiro atoms. The van der Waals surface area contributed by atoms with Crippen molar-refractivity contribution in [1.82, 2.24) is 5.32 Å². The first kappa shape index (κ1) is 16.6. The van der Waals surface area contributed by atoms with E-state index in [0.29, 0.717) is 32.3 Å². The molecule has 23 heavy (non-hydrogen) atoms. The summed E-state index contributed by atoms with van der Waals surface area (Å²) >= 11 is 0. The second-order valence-corrected chi connectivity index (χ2v) is 7.30. The van der Waals surface area contributed by atoms with Crippen molar-refractivity contribution in [2.45, 2.75) is 68.9 Å². The molecule has 1 heterocycles. The van der Waals surface area contributed by atoms with Crippen LogP contribution in [-0.4, -0.2) is 41.2 Å². The molecule has 2 aliphatic carbocycles. The number of amides is 1. The Kier molecular flexibility index (Phi) is 4.33. The van der Waals surface area contributed by atoms with Crippen LogP contribution in [0.25, 0.3) is 0 Å². The van der Waals surface area contributed by atoms with E-state index >= 15 is 0 Å². The summed E-state index contributed by atoms with van der Waals surface area (Å²) in [6.07, 6.45) is 2.31. The smallest absolute Gasteiger partial charge is 0.306 e. The Morgan fingerprint density at radius 1 is 1.04 bits per heavy atom. The van der Waals surface area contributed by atoms with Gasteiger partial charge in [0.05, 0.1) is 11.5 Å². The lowest BCUT2D eigenvalue weighted by Crippen LogP contribution is -2.57. The molecule has 7 heteroatoms. The van der Waals surface area contributed by atoms with E-state index in [0.717, 1.165) is 0 Å². The van der Waals surface area contributed by atoms with Crippen LogP contribution in [0.5, 0.6) is 0 Å². The minimum atomic E-state index is -2.63. The molecule has 2 saturated carbocycles. The third kappa shape index (κ3) is 3.65. The van der Waals surface area contributed by atoms with Gasteiger partial charge in [-0.1, -0.05) is 0 Å². The Balaban J connectivity index is 1.49. The van der Waals surface area contributed by atoms with Crippen LogP contribution in [0.4, 0.5) is 8.78 Å². The summed E-state index contributed by atoms with van der Waals surface area (Å²) in [5, 5.41) is 12.0. The molecular weight excluding hydrogens is 308 g/mol. The Morgan fingerprint density at radius 3 is 2.30 bits per heavy atom. The number of hydrogen-bond donors (Lipinski definition) is 2. The monoisotopic (exact) mass is 331 g/mol. The third-order valence-corrected chi connectivity index (χ3v) is 5.51. The number of nitrogens with one attached hydrogen (secondary N) is 1. The summed E-state index contributed by atoms with van der Waals surface area (Å²) in [7, 11) is 0. The van der Waals surface area contributed by atoms with Gasteiger partial charge in [-0.2, -0.15) is 0 Å². The van der Waals surface area contributed by atoms with Crippen LogP contribution in [0.15, 0.2) is 0 Å². The molecule has 3 fully saturated rings.